The predicted octanol–water partition coefficient (Wildman–Crippen LogP) is 2.78. The average Bonchev–Trinajstić information content (AvgIpc) is 3.28. The molecule has 1 saturated heterocycles. The molecule has 1 aliphatic carbocycles. The first-order valence-corrected chi connectivity index (χ1v) is 9.36. The first-order valence-electron chi connectivity index (χ1n) is 9.36. The van der Waals surface area contributed by atoms with E-state index in [0.29, 0.717) is 28.9 Å². The maximum Gasteiger partial charge on any atom is 0.248 e. The normalized spacial score (nSPS) is 24.9. The van der Waals surface area contributed by atoms with Crippen molar-refractivity contribution in [3.63, 3.8) is 0 Å². The Kier molecular flexibility index (Phi) is 3.41. The van der Waals surface area contributed by atoms with Crippen LogP contribution < -0.4 is 4.90 Å². The highest BCUT2D eigenvalue weighted by molar-refractivity contribution is 6.05. The van der Waals surface area contributed by atoms with Crippen molar-refractivity contribution in [1.29, 1.82) is 5.26 Å². The number of rotatable bonds is 3. The minimum atomic E-state index is -0.975. The minimum absolute atomic E-state index is 0.0803. The second kappa shape index (κ2) is 5.64. The lowest BCUT2D eigenvalue weighted by molar-refractivity contribution is -0.124. The zero-order chi connectivity index (χ0) is 19.6. The molecule has 0 radical (unpaired) electrons. The van der Waals surface area contributed by atoms with E-state index >= 15 is 4.39 Å². The molecule has 1 aliphatic heterocycles. The van der Waals surface area contributed by atoms with Gasteiger partial charge in [-0.2, -0.15) is 19.8 Å². The number of anilines is 1. The van der Waals surface area contributed by atoms with Crippen molar-refractivity contribution in [1.82, 2.24) is 19.4 Å². The number of hydrogen-bond acceptors (Lipinski definition) is 4. The van der Waals surface area contributed by atoms with E-state index in [4.69, 9.17) is 0 Å². The number of carbonyl (C=O) groups excluding carboxylic acids is 1. The molecule has 3 aromatic rings. The Balaban J connectivity index is 1.64. The highest BCUT2D eigenvalue weighted by Crippen LogP contribution is 2.54. The molecule has 1 amide bonds. The summed E-state index contributed by atoms with van der Waals surface area (Å²) in [5.41, 5.74) is 1.13. The van der Waals surface area contributed by atoms with Crippen molar-refractivity contribution in [2.75, 3.05) is 11.4 Å². The third-order valence-electron chi connectivity index (χ3n) is 6.14. The standard InChI is InChI=1S/C20H19FN6O/c1-12-9-26(19(28)20(12,11-22)14-3-4-14)16-5-6-23-27-17(16)7-15(18(27)21)13-8-24-25(2)10-13/h5-8,10,12,14H,3-4,9H2,1-2H3/t12-,20+/m1/s1. The monoisotopic (exact) mass is 378 g/mol. The fourth-order valence-corrected chi connectivity index (χ4v) is 4.53. The SMILES string of the molecule is C[C@@H]1CN(c2ccnn3c(F)c(-c4cnn(C)c4)cc23)C(=O)[C@]1(C#N)C1CC1. The second-order valence-electron chi connectivity index (χ2n) is 7.84. The van der Waals surface area contributed by atoms with E-state index in [1.807, 2.05) is 6.92 Å². The molecule has 0 bridgehead atoms. The number of hydrogen-bond donors (Lipinski definition) is 0. The molecule has 142 valence electrons. The number of aromatic nitrogens is 4. The number of amides is 1. The van der Waals surface area contributed by atoms with E-state index in [9.17, 15) is 10.1 Å². The molecule has 1 saturated carbocycles. The Morgan fingerprint density at radius 1 is 1.36 bits per heavy atom. The summed E-state index contributed by atoms with van der Waals surface area (Å²) < 4.78 is 17.8. The van der Waals surface area contributed by atoms with Gasteiger partial charge < -0.3 is 4.90 Å². The minimum Gasteiger partial charge on any atom is -0.309 e. The van der Waals surface area contributed by atoms with Gasteiger partial charge in [0.25, 0.3) is 0 Å². The molecule has 7 nitrogen and oxygen atoms in total. The molecular weight excluding hydrogens is 359 g/mol. The van der Waals surface area contributed by atoms with Crippen molar-refractivity contribution >= 4 is 17.1 Å². The second-order valence-corrected chi connectivity index (χ2v) is 7.84. The largest absolute Gasteiger partial charge is 0.309 e. The molecule has 8 heteroatoms. The van der Waals surface area contributed by atoms with Gasteiger partial charge in [-0.15, -0.1) is 0 Å². The molecule has 0 N–H and O–H groups in total. The molecule has 0 unspecified atom stereocenters. The van der Waals surface area contributed by atoms with Crippen LogP contribution in [0.4, 0.5) is 10.1 Å². The number of nitrogens with zero attached hydrogens (tertiary/aromatic N) is 6. The fourth-order valence-electron chi connectivity index (χ4n) is 4.53. The van der Waals surface area contributed by atoms with Crippen LogP contribution >= 0.6 is 0 Å². The lowest BCUT2D eigenvalue weighted by atomic mass is 9.75. The summed E-state index contributed by atoms with van der Waals surface area (Å²) in [6, 6.07) is 5.74. The van der Waals surface area contributed by atoms with Crippen molar-refractivity contribution in [2.45, 2.75) is 19.8 Å². The number of aryl methyl sites for hydroxylation is 1. The van der Waals surface area contributed by atoms with Gasteiger partial charge in [-0.05, 0) is 30.9 Å². The summed E-state index contributed by atoms with van der Waals surface area (Å²) in [5.74, 6) is -0.637. The van der Waals surface area contributed by atoms with Crippen molar-refractivity contribution < 1.29 is 9.18 Å². The van der Waals surface area contributed by atoms with Crippen LogP contribution in [0.15, 0.2) is 30.7 Å². The third kappa shape index (κ3) is 2.10. The molecule has 0 spiro atoms. The predicted molar refractivity (Wildman–Crippen MR) is 99.6 cm³/mol. The Morgan fingerprint density at radius 2 is 2.14 bits per heavy atom. The summed E-state index contributed by atoms with van der Waals surface area (Å²) >= 11 is 0. The van der Waals surface area contributed by atoms with E-state index in [0.717, 1.165) is 12.8 Å². The molecule has 3 aromatic heterocycles. The highest BCUT2D eigenvalue weighted by atomic mass is 19.1. The maximum absolute atomic E-state index is 15.0. The molecular formula is C20H19FN6O. The summed E-state index contributed by atoms with van der Waals surface area (Å²) in [7, 11) is 1.77. The number of nitriles is 1. The Morgan fingerprint density at radius 3 is 2.79 bits per heavy atom. The Hall–Kier alpha value is -3.21. The van der Waals surface area contributed by atoms with Crippen LogP contribution in [0.25, 0.3) is 16.6 Å². The summed E-state index contributed by atoms with van der Waals surface area (Å²) in [6.45, 7) is 2.40. The Bertz CT molecular complexity index is 1150. The Labute approximate surface area is 161 Å². The van der Waals surface area contributed by atoms with Gasteiger partial charge in [-0.1, -0.05) is 6.92 Å². The zero-order valence-electron chi connectivity index (χ0n) is 15.6. The van der Waals surface area contributed by atoms with Crippen LogP contribution in [0.3, 0.4) is 0 Å². The maximum atomic E-state index is 15.0. The van der Waals surface area contributed by atoms with Gasteiger partial charge in [-0.25, -0.2) is 4.52 Å². The van der Waals surface area contributed by atoms with E-state index in [1.165, 1.54) is 10.7 Å². The molecule has 4 heterocycles. The molecule has 2 aliphatic rings. The average molecular weight is 378 g/mol. The number of carbonyl (C=O) groups is 1. The van der Waals surface area contributed by atoms with Gasteiger partial charge in [-0.3, -0.25) is 9.48 Å². The van der Waals surface area contributed by atoms with Crippen LogP contribution in [0.2, 0.25) is 0 Å². The van der Waals surface area contributed by atoms with Crippen LogP contribution in [0, 0.1) is 34.5 Å². The first-order chi connectivity index (χ1) is 13.5. The van der Waals surface area contributed by atoms with E-state index in [1.54, 1.807) is 41.2 Å². The van der Waals surface area contributed by atoms with Gasteiger partial charge in [0.15, 0.2) is 0 Å². The molecule has 5 rings (SSSR count). The van der Waals surface area contributed by atoms with Gasteiger partial charge in [0.2, 0.25) is 11.9 Å². The van der Waals surface area contributed by atoms with E-state index in [2.05, 4.69) is 16.3 Å². The van der Waals surface area contributed by atoms with Gasteiger partial charge in [0.05, 0.1) is 29.7 Å². The van der Waals surface area contributed by atoms with Crippen LogP contribution in [0.5, 0.6) is 0 Å². The lowest BCUT2D eigenvalue weighted by Gasteiger charge is -2.23. The third-order valence-corrected chi connectivity index (χ3v) is 6.14. The lowest BCUT2D eigenvalue weighted by Crippen LogP contribution is -2.37. The van der Waals surface area contributed by atoms with Crippen molar-refractivity contribution in [3.8, 4) is 17.2 Å². The highest BCUT2D eigenvalue weighted by Gasteiger charge is 2.61. The number of fused-ring (bicyclic) bond motifs is 1. The van der Waals surface area contributed by atoms with Crippen LogP contribution in [-0.4, -0.2) is 31.8 Å². The van der Waals surface area contributed by atoms with Crippen molar-refractivity contribution in [2.24, 2.45) is 24.3 Å². The van der Waals surface area contributed by atoms with Crippen molar-refractivity contribution in [3.05, 3.63) is 36.7 Å². The molecule has 0 aromatic carbocycles. The smallest absolute Gasteiger partial charge is 0.248 e. The zero-order valence-corrected chi connectivity index (χ0v) is 15.6. The van der Waals surface area contributed by atoms with Crippen LogP contribution in [-0.2, 0) is 11.8 Å². The first kappa shape index (κ1) is 16.9. The fraction of sp³-hybridized carbons (Fsp3) is 0.400. The van der Waals surface area contributed by atoms with E-state index in [-0.39, 0.29) is 17.7 Å². The molecule has 2 atom stereocenters. The van der Waals surface area contributed by atoms with E-state index < -0.39 is 11.4 Å². The summed E-state index contributed by atoms with van der Waals surface area (Å²) in [6.07, 6.45) is 6.63. The summed E-state index contributed by atoms with van der Waals surface area (Å²) in [4.78, 5) is 15.0. The number of halogens is 1. The molecule has 28 heavy (non-hydrogen) atoms. The summed E-state index contributed by atoms with van der Waals surface area (Å²) in [5, 5.41) is 18.1. The van der Waals surface area contributed by atoms with Gasteiger partial charge in [0, 0.05) is 36.8 Å². The van der Waals surface area contributed by atoms with Crippen LogP contribution in [0.1, 0.15) is 19.8 Å². The quantitative estimate of drug-likeness (QED) is 0.702. The topological polar surface area (TPSA) is 79.2 Å². The van der Waals surface area contributed by atoms with Gasteiger partial charge >= 0.3 is 0 Å². The molecule has 2 fully saturated rings. The van der Waals surface area contributed by atoms with Gasteiger partial charge in [0.1, 0.15) is 5.41 Å².